The molecule has 0 aromatic heterocycles. The third-order valence-corrected chi connectivity index (χ3v) is 10.2. The van der Waals surface area contributed by atoms with Crippen molar-refractivity contribution in [2.24, 2.45) is 0 Å². The van der Waals surface area contributed by atoms with Gasteiger partial charge in [0.1, 0.15) is 23.0 Å². The molecule has 318 valence electrons. The maximum absolute atomic E-state index is 5.95. The quantitative estimate of drug-likeness (QED) is 0.0502. The van der Waals surface area contributed by atoms with Gasteiger partial charge in [-0.05, 0) is 183 Å². The molecule has 6 aromatic rings. The number of rotatable bonds is 22. The van der Waals surface area contributed by atoms with Crippen molar-refractivity contribution < 1.29 is 18.9 Å². The molecule has 0 N–H and O–H groups in total. The topological polar surface area (TPSA) is 43.4 Å². The van der Waals surface area contributed by atoms with Crippen LogP contribution in [0.5, 0.6) is 23.0 Å². The summed E-state index contributed by atoms with van der Waals surface area (Å²) in [5.74, 6) is 16.1. The van der Waals surface area contributed by atoms with Gasteiger partial charge in [0.05, 0.1) is 26.4 Å². The Bertz CT molecular complexity index is 2060. The molecule has 0 heterocycles. The normalized spacial score (nSPS) is 10.5. The summed E-state index contributed by atoms with van der Waals surface area (Å²) in [6, 6.07) is 49.7. The molecule has 6 rings (SSSR count). The van der Waals surface area contributed by atoms with E-state index in [4.69, 9.17) is 18.9 Å². The van der Waals surface area contributed by atoms with E-state index in [1.165, 1.54) is 0 Å². The van der Waals surface area contributed by atoms with E-state index >= 15 is 0 Å². The first-order chi connectivity index (χ1) is 30.6. The van der Waals surface area contributed by atoms with Crippen LogP contribution in [0.15, 0.2) is 146 Å². The van der Waals surface area contributed by atoms with E-state index in [1.54, 1.807) is 0 Å². The van der Waals surface area contributed by atoms with Crippen LogP contribution in [0, 0.1) is 23.7 Å². The van der Waals surface area contributed by atoms with E-state index < -0.39 is 0 Å². The largest absolute Gasteiger partial charge is 0.494 e. The number of ether oxygens (including phenoxy) is 4. The van der Waals surface area contributed by atoms with Crippen molar-refractivity contribution in [3.63, 3.8) is 0 Å². The highest BCUT2D eigenvalue weighted by Gasteiger charge is 2.15. The predicted molar refractivity (Wildman–Crippen MR) is 258 cm³/mol. The Balaban J connectivity index is 1.17. The van der Waals surface area contributed by atoms with Crippen molar-refractivity contribution >= 4 is 34.1 Å². The maximum atomic E-state index is 5.95. The van der Waals surface area contributed by atoms with Crippen LogP contribution in [0.3, 0.4) is 0 Å². The lowest BCUT2D eigenvalue weighted by molar-refractivity contribution is 0.309. The van der Waals surface area contributed by atoms with Crippen molar-refractivity contribution in [3.8, 4) is 46.7 Å². The third kappa shape index (κ3) is 13.4. The fourth-order valence-electron chi connectivity index (χ4n) is 6.59. The van der Waals surface area contributed by atoms with E-state index in [0.29, 0.717) is 26.4 Å². The van der Waals surface area contributed by atoms with Gasteiger partial charge in [-0.25, -0.2) is 0 Å². The molecule has 0 aliphatic carbocycles. The smallest absolute Gasteiger partial charge is 0.119 e. The van der Waals surface area contributed by atoms with Crippen LogP contribution in [0.4, 0.5) is 34.1 Å². The van der Waals surface area contributed by atoms with Gasteiger partial charge in [0.25, 0.3) is 0 Å². The van der Waals surface area contributed by atoms with Gasteiger partial charge in [-0.2, -0.15) is 0 Å². The van der Waals surface area contributed by atoms with Gasteiger partial charge in [0.15, 0.2) is 0 Å². The summed E-state index contributed by atoms with van der Waals surface area (Å²) < 4.78 is 23.8. The second-order valence-electron chi connectivity index (χ2n) is 15.0. The Hall–Kier alpha value is -6.76. The Morgan fingerprint density at radius 2 is 0.516 bits per heavy atom. The second-order valence-corrected chi connectivity index (χ2v) is 15.0. The number of benzene rings is 6. The summed E-state index contributed by atoms with van der Waals surface area (Å²) in [4.78, 5) is 4.45. The summed E-state index contributed by atoms with van der Waals surface area (Å²) in [7, 11) is 0. The molecule has 0 spiro atoms. The molecule has 6 aromatic carbocycles. The third-order valence-electron chi connectivity index (χ3n) is 10.2. The van der Waals surface area contributed by atoms with E-state index in [9.17, 15) is 0 Å². The van der Waals surface area contributed by atoms with Gasteiger partial charge in [0, 0.05) is 45.3 Å². The molecule has 0 fully saturated rings. The van der Waals surface area contributed by atoms with E-state index in [-0.39, 0.29) is 0 Å². The first kappa shape index (κ1) is 44.8. The van der Waals surface area contributed by atoms with Crippen LogP contribution >= 0.6 is 0 Å². The highest BCUT2D eigenvalue weighted by atomic mass is 16.5. The van der Waals surface area contributed by atoms with Crippen molar-refractivity contribution in [1.82, 2.24) is 0 Å². The van der Waals surface area contributed by atoms with Crippen LogP contribution in [-0.2, 0) is 0 Å². The molecule has 0 saturated carbocycles. The molecule has 6 heteroatoms. The molecule has 0 amide bonds. The van der Waals surface area contributed by atoms with Crippen molar-refractivity contribution in [3.05, 3.63) is 157 Å². The molecular formula is C56H60N2O4. The number of hydrogen-bond donors (Lipinski definition) is 0. The zero-order valence-electron chi connectivity index (χ0n) is 36.9. The average molecular weight is 825 g/mol. The first-order valence-corrected chi connectivity index (χ1v) is 22.3. The lowest BCUT2D eigenvalue weighted by atomic mass is 10.1. The fraction of sp³-hybridized carbons (Fsp3) is 0.286. The van der Waals surface area contributed by atoms with Gasteiger partial charge in [0.2, 0.25) is 0 Å². The van der Waals surface area contributed by atoms with Crippen LogP contribution in [-0.4, -0.2) is 26.4 Å². The molecule has 0 aliphatic heterocycles. The summed E-state index contributed by atoms with van der Waals surface area (Å²) >= 11 is 0. The number of hydrogen-bond acceptors (Lipinski definition) is 6. The number of nitrogens with zero attached hydrogens (tertiary/aromatic N) is 2. The lowest BCUT2D eigenvalue weighted by Gasteiger charge is -2.26. The Labute approximate surface area is 370 Å². The highest BCUT2D eigenvalue weighted by molar-refractivity contribution is 5.78. The zero-order chi connectivity index (χ0) is 43.2. The fourth-order valence-corrected chi connectivity index (χ4v) is 6.59. The van der Waals surface area contributed by atoms with Gasteiger partial charge in [-0.3, -0.25) is 0 Å². The summed E-state index contributed by atoms with van der Waals surface area (Å²) in [5, 5.41) is 0. The van der Waals surface area contributed by atoms with Crippen molar-refractivity contribution in [2.45, 2.75) is 79.1 Å². The first-order valence-electron chi connectivity index (χ1n) is 22.3. The Kier molecular flexibility index (Phi) is 17.7. The van der Waals surface area contributed by atoms with Gasteiger partial charge in [-0.1, -0.05) is 65.2 Å². The van der Waals surface area contributed by atoms with Crippen molar-refractivity contribution in [1.29, 1.82) is 0 Å². The Morgan fingerprint density at radius 3 is 0.726 bits per heavy atom. The van der Waals surface area contributed by atoms with Crippen LogP contribution in [0.1, 0.15) is 90.2 Å². The lowest BCUT2D eigenvalue weighted by Crippen LogP contribution is -2.10. The zero-order valence-corrected chi connectivity index (χ0v) is 36.9. The van der Waals surface area contributed by atoms with Crippen LogP contribution in [0.2, 0.25) is 0 Å². The molecule has 6 nitrogen and oxygen atoms in total. The van der Waals surface area contributed by atoms with E-state index in [1.807, 2.05) is 72.8 Å². The summed E-state index contributed by atoms with van der Waals surface area (Å²) in [6.45, 7) is 11.5. The molecule has 0 saturated heterocycles. The number of anilines is 6. The molecule has 0 aliphatic rings. The van der Waals surface area contributed by atoms with Gasteiger partial charge < -0.3 is 28.7 Å². The van der Waals surface area contributed by atoms with Crippen molar-refractivity contribution in [2.75, 3.05) is 36.2 Å². The minimum absolute atomic E-state index is 0.716. The SMILES string of the molecule is CCCCOc1ccc(N(c2ccc(C#CC#Cc3ccc(N(c4ccc(OCCCC)cc4)c4ccc(OCCCC)cc4)cc3)cc2)c2ccc(OCCCC)cc2)cc1. The van der Waals surface area contributed by atoms with Crippen LogP contribution in [0.25, 0.3) is 0 Å². The Morgan fingerprint density at radius 1 is 0.306 bits per heavy atom. The van der Waals surface area contributed by atoms with E-state index in [2.05, 4.69) is 134 Å². The minimum atomic E-state index is 0.716. The monoisotopic (exact) mass is 824 g/mol. The summed E-state index contributed by atoms with van der Waals surface area (Å²) in [6.07, 6.45) is 8.54. The minimum Gasteiger partial charge on any atom is -0.494 e. The summed E-state index contributed by atoms with van der Waals surface area (Å²) in [5.41, 5.74) is 7.92. The number of unbranched alkanes of at least 4 members (excludes halogenated alkanes) is 4. The molecule has 0 radical (unpaired) electrons. The van der Waals surface area contributed by atoms with Crippen LogP contribution < -0.4 is 28.7 Å². The second kappa shape index (κ2) is 24.5. The maximum Gasteiger partial charge on any atom is 0.119 e. The van der Waals surface area contributed by atoms with Gasteiger partial charge >= 0.3 is 0 Å². The van der Waals surface area contributed by atoms with E-state index in [0.717, 1.165) is 120 Å². The van der Waals surface area contributed by atoms with Gasteiger partial charge in [-0.15, -0.1) is 0 Å². The predicted octanol–water partition coefficient (Wildman–Crippen LogP) is 14.7. The highest BCUT2D eigenvalue weighted by Crippen LogP contribution is 2.38. The molecule has 62 heavy (non-hydrogen) atoms. The molecule has 0 bridgehead atoms. The molecule has 0 unspecified atom stereocenters. The molecule has 0 atom stereocenters. The standard InChI is InChI=1S/C56H60N2O4/c1-5-9-41-59-53-33-25-49(26-34-53)57(50-27-35-54(36-28-50)60-42-10-6-2)47-21-17-45(18-22-47)15-13-14-16-46-19-23-48(24-20-46)58(51-29-37-55(38-30-51)61-43-11-7-3)52-31-39-56(40-32-52)62-44-12-8-4/h17-40H,5-12,41-44H2,1-4H3. The average Bonchev–Trinajstić information content (AvgIpc) is 3.31. The molecular weight excluding hydrogens is 765 g/mol.